The fourth-order valence-corrected chi connectivity index (χ4v) is 3.25. The monoisotopic (exact) mass is 429 g/mol. The van der Waals surface area contributed by atoms with Gasteiger partial charge in [-0.15, -0.1) is 5.10 Å². The van der Waals surface area contributed by atoms with E-state index in [1.165, 1.54) is 18.2 Å². The van der Waals surface area contributed by atoms with E-state index in [0.717, 1.165) is 17.3 Å². The van der Waals surface area contributed by atoms with Crippen LogP contribution in [-0.2, 0) is 11.4 Å². The van der Waals surface area contributed by atoms with E-state index in [-0.39, 0.29) is 17.3 Å². The molecule has 7 nitrogen and oxygen atoms in total. The maximum atomic E-state index is 13.0. The van der Waals surface area contributed by atoms with Crippen LogP contribution in [0.5, 0.6) is 11.5 Å². The normalized spacial score (nSPS) is 11.4. The van der Waals surface area contributed by atoms with E-state index in [1.807, 2.05) is 6.92 Å². The second-order valence-corrected chi connectivity index (χ2v) is 7.18. The molecule has 0 bridgehead atoms. The molecule has 3 rings (SSSR count). The first-order valence-corrected chi connectivity index (χ1v) is 9.92. The van der Waals surface area contributed by atoms with Gasteiger partial charge in [0.15, 0.2) is 11.5 Å². The molecule has 0 unspecified atom stereocenters. The van der Waals surface area contributed by atoms with Crippen LogP contribution < -0.4 is 9.47 Å². The van der Waals surface area contributed by atoms with Gasteiger partial charge in [-0.1, -0.05) is 18.2 Å². The van der Waals surface area contributed by atoms with Crippen LogP contribution in [0, 0.1) is 12.7 Å². The van der Waals surface area contributed by atoms with Gasteiger partial charge in [0.05, 0.1) is 6.61 Å². The summed E-state index contributed by atoms with van der Waals surface area (Å²) in [6.07, 6.45) is 1.52. The standard InChI is InChI=1S/C21H20FN3O4S/c1-3-28-18-10-15(11-19(20(26)27)30-21-23-13(2)24-25-21)6-9-17(18)29-12-14-4-7-16(22)8-5-14/h4-11H,3,12H2,1-2H3,(H,26,27)(H,23,24,25). The van der Waals surface area contributed by atoms with Crippen molar-refractivity contribution < 1.29 is 23.8 Å². The topological polar surface area (TPSA) is 97.3 Å². The lowest BCUT2D eigenvalue weighted by atomic mass is 10.2. The summed E-state index contributed by atoms with van der Waals surface area (Å²) < 4.78 is 24.5. The Morgan fingerprint density at radius 2 is 1.97 bits per heavy atom. The van der Waals surface area contributed by atoms with Gasteiger partial charge in [0.1, 0.15) is 23.2 Å². The number of ether oxygens (including phenoxy) is 2. The second-order valence-electron chi connectivity index (χ2n) is 6.17. The molecular weight excluding hydrogens is 409 g/mol. The van der Waals surface area contributed by atoms with Gasteiger partial charge in [-0.2, -0.15) is 0 Å². The van der Waals surface area contributed by atoms with Crippen molar-refractivity contribution in [1.82, 2.24) is 15.2 Å². The highest BCUT2D eigenvalue weighted by atomic mass is 32.2. The Morgan fingerprint density at radius 3 is 2.60 bits per heavy atom. The Morgan fingerprint density at radius 1 is 1.20 bits per heavy atom. The van der Waals surface area contributed by atoms with Crippen LogP contribution >= 0.6 is 11.8 Å². The van der Waals surface area contributed by atoms with Gasteiger partial charge in [0.2, 0.25) is 5.16 Å². The molecule has 2 aromatic carbocycles. The molecule has 9 heteroatoms. The number of hydrogen-bond donors (Lipinski definition) is 2. The summed E-state index contributed by atoms with van der Waals surface area (Å²) in [6, 6.07) is 11.2. The number of nitrogens with one attached hydrogen (secondary N) is 1. The summed E-state index contributed by atoms with van der Waals surface area (Å²) in [6.45, 7) is 4.24. The summed E-state index contributed by atoms with van der Waals surface area (Å²) in [7, 11) is 0. The third kappa shape index (κ3) is 5.84. The molecule has 30 heavy (non-hydrogen) atoms. The van der Waals surface area contributed by atoms with Crippen molar-refractivity contribution in [3.05, 3.63) is 70.1 Å². The zero-order valence-corrected chi connectivity index (χ0v) is 17.2. The third-order valence-electron chi connectivity index (χ3n) is 3.86. The van der Waals surface area contributed by atoms with Gasteiger partial charge in [-0.3, -0.25) is 5.10 Å². The van der Waals surface area contributed by atoms with Crippen LogP contribution in [0.15, 0.2) is 52.5 Å². The van der Waals surface area contributed by atoms with Crippen molar-refractivity contribution in [1.29, 1.82) is 0 Å². The molecule has 0 aliphatic rings. The van der Waals surface area contributed by atoms with Crippen molar-refractivity contribution in [3.8, 4) is 11.5 Å². The van der Waals surface area contributed by atoms with Crippen molar-refractivity contribution in [2.24, 2.45) is 0 Å². The fraction of sp³-hybridized carbons (Fsp3) is 0.190. The van der Waals surface area contributed by atoms with Gasteiger partial charge in [0.25, 0.3) is 0 Å². The van der Waals surface area contributed by atoms with Crippen molar-refractivity contribution in [2.45, 2.75) is 25.6 Å². The number of carboxylic acid groups (broad SMARTS) is 1. The molecule has 3 aromatic rings. The molecule has 0 aliphatic heterocycles. The summed E-state index contributed by atoms with van der Waals surface area (Å²) in [5, 5.41) is 16.5. The molecule has 156 valence electrons. The van der Waals surface area contributed by atoms with Crippen LogP contribution in [0.2, 0.25) is 0 Å². The molecule has 0 fully saturated rings. The molecule has 1 heterocycles. The molecule has 0 saturated heterocycles. The van der Waals surface area contributed by atoms with E-state index in [4.69, 9.17) is 9.47 Å². The van der Waals surface area contributed by atoms with Gasteiger partial charge in [-0.25, -0.2) is 14.2 Å². The van der Waals surface area contributed by atoms with Gasteiger partial charge < -0.3 is 14.6 Å². The highest BCUT2D eigenvalue weighted by molar-refractivity contribution is 8.04. The first kappa shape index (κ1) is 21.4. The lowest BCUT2D eigenvalue weighted by Gasteiger charge is -2.13. The number of benzene rings is 2. The first-order chi connectivity index (χ1) is 14.4. The smallest absolute Gasteiger partial charge is 0.342 e. The number of aromatic amines is 1. The SMILES string of the molecule is CCOc1cc(C=C(Sc2n[nH]c(C)n2)C(=O)O)ccc1OCc1ccc(F)cc1. The maximum absolute atomic E-state index is 13.0. The van der Waals surface area contributed by atoms with E-state index < -0.39 is 5.97 Å². The number of aromatic nitrogens is 3. The molecule has 0 aliphatic carbocycles. The molecule has 0 atom stereocenters. The molecular formula is C21H20FN3O4S. The minimum absolute atomic E-state index is 0.0661. The Balaban J connectivity index is 1.80. The molecule has 1 aromatic heterocycles. The number of aliphatic carboxylic acids is 1. The Bertz CT molecular complexity index is 1050. The van der Waals surface area contributed by atoms with E-state index >= 15 is 0 Å². The lowest BCUT2D eigenvalue weighted by Crippen LogP contribution is -2.01. The van der Waals surface area contributed by atoms with Crippen molar-refractivity contribution in [2.75, 3.05) is 6.61 Å². The summed E-state index contributed by atoms with van der Waals surface area (Å²) >= 11 is 0.950. The van der Waals surface area contributed by atoms with Gasteiger partial charge in [0, 0.05) is 0 Å². The molecule has 0 spiro atoms. The van der Waals surface area contributed by atoms with Crippen LogP contribution in [0.25, 0.3) is 6.08 Å². The van der Waals surface area contributed by atoms with Crippen LogP contribution in [-0.4, -0.2) is 32.9 Å². The Hall–Kier alpha value is -3.33. The van der Waals surface area contributed by atoms with Crippen molar-refractivity contribution >= 4 is 23.8 Å². The summed E-state index contributed by atoms with van der Waals surface area (Å²) in [5.41, 5.74) is 1.44. The van der Waals surface area contributed by atoms with Crippen LogP contribution in [0.1, 0.15) is 23.9 Å². The van der Waals surface area contributed by atoms with Crippen molar-refractivity contribution in [3.63, 3.8) is 0 Å². The van der Waals surface area contributed by atoms with E-state index in [9.17, 15) is 14.3 Å². The first-order valence-electron chi connectivity index (χ1n) is 9.10. The number of carboxylic acids is 1. The fourth-order valence-electron chi connectivity index (χ4n) is 2.50. The largest absolute Gasteiger partial charge is 0.490 e. The number of thioether (sulfide) groups is 1. The maximum Gasteiger partial charge on any atom is 0.342 e. The predicted octanol–water partition coefficient (Wildman–Crippen LogP) is 4.45. The Labute approximate surface area is 176 Å². The number of rotatable bonds is 9. The molecule has 0 saturated carbocycles. The minimum Gasteiger partial charge on any atom is -0.490 e. The summed E-state index contributed by atoms with van der Waals surface area (Å²) in [4.78, 5) is 15.8. The highest BCUT2D eigenvalue weighted by Crippen LogP contribution is 2.32. The molecule has 0 radical (unpaired) electrons. The number of aryl methyl sites for hydroxylation is 1. The Kier molecular flexibility index (Phi) is 7.08. The van der Waals surface area contributed by atoms with Gasteiger partial charge >= 0.3 is 5.97 Å². The summed E-state index contributed by atoms with van der Waals surface area (Å²) in [5.74, 6) is 0.196. The van der Waals surface area contributed by atoms with Crippen LogP contribution in [0.3, 0.4) is 0 Å². The number of carbonyl (C=O) groups is 1. The van der Waals surface area contributed by atoms with Gasteiger partial charge in [-0.05, 0) is 67.1 Å². The lowest BCUT2D eigenvalue weighted by molar-refractivity contribution is -0.131. The quantitative estimate of drug-likeness (QED) is 0.383. The number of nitrogens with zero attached hydrogens (tertiary/aromatic N) is 2. The molecule has 0 amide bonds. The van der Waals surface area contributed by atoms with E-state index in [2.05, 4.69) is 15.2 Å². The predicted molar refractivity (Wildman–Crippen MR) is 111 cm³/mol. The number of halogens is 1. The van der Waals surface area contributed by atoms with Crippen LogP contribution in [0.4, 0.5) is 4.39 Å². The average molecular weight is 429 g/mol. The average Bonchev–Trinajstić information content (AvgIpc) is 3.13. The minimum atomic E-state index is -1.09. The zero-order chi connectivity index (χ0) is 21.5. The molecule has 2 N–H and O–H groups in total. The third-order valence-corrected chi connectivity index (χ3v) is 4.74. The number of hydrogen-bond acceptors (Lipinski definition) is 6. The highest BCUT2D eigenvalue weighted by Gasteiger charge is 2.14. The second kappa shape index (κ2) is 9.93. The zero-order valence-electron chi connectivity index (χ0n) is 16.4. The number of H-pyrrole nitrogens is 1. The van der Waals surface area contributed by atoms with E-state index in [1.54, 1.807) is 37.3 Å². The van der Waals surface area contributed by atoms with E-state index in [0.29, 0.717) is 34.7 Å².